The highest BCUT2D eigenvalue weighted by Gasteiger charge is 2.50. The number of hydrogen-bond donors (Lipinski definition) is 1. The van der Waals surface area contributed by atoms with Crippen LogP contribution in [0, 0.1) is 10.8 Å². The van der Waals surface area contributed by atoms with E-state index in [-0.39, 0.29) is 24.3 Å². The fourth-order valence-corrected chi connectivity index (χ4v) is 5.92. The van der Waals surface area contributed by atoms with Crippen molar-refractivity contribution >= 4 is 35.9 Å². The van der Waals surface area contributed by atoms with Crippen molar-refractivity contribution in [2.75, 3.05) is 25.0 Å². The number of hydrogen-bond acceptors (Lipinski definition) is 7. The largest absolute Gasteiger partial charge is 0.444 e. The molecule has 1 N–H and O–H groups in total. The maximum absolute atomic E-state index is 12.6. The van der Waals surface area contributed by atoms with Gasteiger partial charge in [0.15, 0.2) is 0 Å². The minimum atomic E-state index is -0.501. The fraction of sp³-hybridized carbons (Fsp3) is 0.742. The summed E-state index contributed by atoms with van der Waals surface area (Å²) in [5.41, 5.74) is -0.150. The van der Waals surface area contributed by atoms with Crippen LogP contribution in [0.4, 0.5) is 15.4 Å². The summed E-state index contributed by atoms with van der Waals surface area (Å²) in [6.07, 6.45) is 10.9. The number of piperidine rings is 2. The number of aromatic nitrogens is 1. The van der Waals surface area contributed by atoms with E-state index in [9.17, 15) is 14.4 Å². The van der Waals surface area contributed by atoms with E-state index >= 15 is 0 Å². The van der Waals surface area contributed by atoms with Gasteiger partial charge in [0.1, 0.15) is 23.3 Å². The zero-order valence-corrected chi connectivity index (χ0v) is 26.3. The van der Waals surface area contributed by atoms with Crippen LogP contribution < -0.4 is 5.32 Å². The van der Waals surface area contributed by atoms with Gasteiger partial charge in [-0.1, -0.05) is 11.6 Å². The van der Waals surface area contributed by atoms with Crippen molar-refractivity contribution in [3.63, 3.8) is 0 Å². The number of nitrogens with zero attached hydrogens (tertiary/aromatic N) is 3. The molecule has 5 rings (SSSR count). The van der Waals surface area contributed by atoms with Gasteiger partial charge in [-0.15, -0.1) is 0 Å². The topological polar surface area (TPSA) is 101 Å². The Labute approximate surface area is 249 Å². The molecule has 41 heavy (non-hydrogen) atoms. The van der Waals surface area contributed by atoms with Crippen LogP contribution in [0.3, 0.4) is 0 Å². The zero-order valence-electron chi connectivity index (χ0n) is 25.5. The van der Waals surface area contributed by atoms with Crippen molar-refractivity contribution in [1.82, 2.24) is 14.8 Å². The van der Waals surface area contributed by atoms with Crippen LogP contribution in [-0.2, 0) is 14.3 Å². The van der Waals surface area contributed by atoms with Gasteiger partial charge in [-0.05, 0) is 116 Å². The van der Waals surface area contributed by atoms with Gasteiger partial charge >= 0.3 is 12.2 Å². The Kier molecular flexibility index (Phi) is 9.17. The first-order chi connectivity index (χ1) is 19.1. The Morgan fingerprint density at radius 1 is 0.927 bits per heavy atom. The highest BCUT2D eigenvalue weighted by Crippen LogP contribution is 2.56. The lowest BCUT2D eigenvalue weighted by molar-refractivity contribution is -0.114. The van der Waals surface area contributed by atoms with E-state index in [4.69, 9.17) is 21.1 Å². The number of amides is 2. The van der Waals surface area contributed by atoms with Crippen LogP contribution in [0.5, 0.6) is 0 Å². The summed E-state index contributed by atoms with van der Waals surface area (Å²) >= 11 is 5.87. The van der Waals surface area contributed by atoms with Crippen molar-refractivity contribution in [2.24, 2.45) is 10.8 Å². The highest BCUT2D eigenvalue weighted by atomic mass is 35.5. The minimum absolute atomic E-state index is 0.133. The van der Waals surface area contributed by atoms with Gasteiger partial charge < -0.3 is 24.5 Å². The van der Waals surface area contributed by atoms with E-state index in [2.05, 4.69) is 10.3 Å². The molecule has 0 bridgehead atoms. The Bertz CT molecular complexity index is 1090. The summed E-state index contributed by atoms with van der Waals surface area (Å²) in [5, 5.41) is 3.95. The first-order valence-electron chi connectivity index (χ1n) is 14.9. The third-order valence-corrected chi connectivity index (χ3v) is 8.72. The molecule has 1 aromatic rings. The molecule has 2 amide bonds. The lowest BCUT2D eigenvalue weighted by Crippen LogP contribution is -2.51. The summed E-state index contributed by atoms with van der Waals surface area (Å²) in [4.78, 5) is 43.4. The van der Waals surface area contributed by atoms with Crippen LogP contribution in [0.25, 0.3) is 0 Å². The number of likely N-dealkylation sites (tertiary alicyclic amines) is 2. The molecule has 2 aliphatic heterocycles. The van der Waals surface area contributed by atoms with Crippen molar-refractivity contribution in [1.29, 1.82) is 0 Å². The molecule has 2 aliphatic carbocycles. The first kappa shape index (κ1) is 31.4. The van der Waals surface area contributed by atoms with Gasteiger partial charge in [-0.3, -0.25) is 4.90 Å². The van der Waals surface area contributed by atoms with E-state index < -0.39 is 11.2 Å². The van der Waals surface area contributed by atoms with Crippen molar-refractivity contribution in [2.45, 2.75) is 116 Å². The third-order valence-electron chi connectivity index (χ3n) is 8.49. The van der Waals surface area contributed by atoms with E-state index in [0.29, 0.717) is 28.9 Å². The predicted octanol–water partition coefficient (Wildman–Crippen LogP) is 6.69. The van der Waals surface area contributed by atoms with Crippen molar-refractivity contribution < 1.29 is 23.9 Å². The fourth-order valence-electron chi connectivity index (χ4n) is 5.81. The van der Waals surface area contributed by atoms with Crippen LogP contribution in [0.15, 0.2) is 18.3 Å². The number of aldehydes is 1. The Hall–Kier alpha value is -2.55. The van der Waals surface area contributed by atoms with Gasteiger partial charge in [-0.2, -0.15) is 0 Å². The number of halogens is 1. The molecule has 228 valence electrons. The average molecular weight is 591 g/mol. The Morgan fingerprint density at radius 2 is 1.46 bits per heavy atom. The maximum Gasteiger partial charge on any atom is 0.410 e. The molecule has 9 nitrogen and oxygen atoms in total. The lowest BCUT2D eigenvalue weighted by atomic mass is 9.88. The average Bonchev–Trinajstić information content (AvgIpc) is 3.81. The van der Waals surface area contributed by atoms with Crippen molar-refractivity contribution in [3.8, 4) is 0 Å². The number of ether oxygens (including phenoxy) is 2. The molecule has 4 fully saturated rings. The number of anilines is 1. The number of pyridine rings is 1. The molecule has 10 heteroatoms. The molecule has 1 aromatic heterocycles. The van der Waals surface area contributed by atoms with E-state index in [1.807, 2.05) is 58.6 Å². The Balaban J connectivity index is 0.000000201. The van der Waals surface area contributed by atoms with Gasteiger partial charge in [0.05, 0.1) is 17.1 Å². The lowest BCUT2D eigenvalue weighted by Gasteiger charge is -2.40. The zero-order chi connectivity index (χ0) is 30.1. The van der Waals surface area contributed by atoms with Gasteiger partial charge in [-0.25, -0.2) is 14.6 Å². The van der Waals surface area contributed by atoms with Crippen LogP contribution in [-0.4, -0.2) is 76.2 Å². The summed E-state index contributed by atoms with van der Waals surface area (Å²) in [6, 6.07) is 3.51. The summed E-state index contributed by atoms with van der Waals surface area (Å²) < 4.78 is 10.9. The molecule has 2 saturated carbocycles. The molecule has 3 heterocycles. The molecule has 0 aromatic carbocycles. The number of nitrogens with one attached hydrogen (secondary N) is 1. The van der Waals surface area contributed by atoms with Crippen LogP contribution in [0.1, 0.15) is 92.9 Å². The summed E-state index contributed by atoms with van der Waals surface area (Å²) in [5.74, 6) is 0.777. The van der Waals surface area contributed by atoms with E-state index in [1.54, 1.807) is 11.1 Å². The molecule has 2 saturated heterocycles. The first-order valence-corrected chi connectivity index (χ1v) is 15.3. The molecule has 4 aliphatic rings. The molecule has 2 atom stereocenters. The molecule has 2 unspecified atom stereocenters. The third kappa shape index (κ3) is 8.97. The number of rotatable bonds is 4. The van der Waals surface area contributed by atoms with Gasteiger partial charge in [0.25, 0.3) is 0 Å². The summed E-state index contributed by atoms with van der Waals surface area (Å²) in [6.45, 7) is 13.3. The second kappa shape index (κ2) is 12.0. The number of carbonyl (C=O) groups excluding carboxylic acids is 3. The monoisotopic (exact) mass is 590 g/mol. The van der Waals surface area contributed by atoms with Gasteiger partial charge in [0, 0.05) is 25.8 Å². The normalized spacial score (nSPS) is 24.2. The molecular weight excluding hydrogens is 544 g/mol. The second-order valence-corrected chi connectivity index (χ2v) is 14.8. The van der Waals surface area contributed by atoms with Crippen LogP contribution in [0.2, 0.25) is 5.02 Å². The molecule has 0 radical (unpaired) electrons. The SMILES string of the molecule is CC(C)(C)OC(=O)N1CCC2(CC2)CC1C=O.CC(C)(C)OC(=O)N1CCC2(CC2)CC1CNc1ccc(Cl)cn1. The molecule has 2 spiro atoms. The standard InChI is InChI=1S/C18H26ClN3O2.C13H21NO3/c1-17(2,3)24-16(23)22-9-8-18(6-7-18)10-14(22)12-21-15-5-4-13(19)11-20-15;1-12(2,3)17-11(16)14-7-6-13(4-5-13)8-10(14)9-15/h4-5,11,14H,6-10,12H2,1-3H3,(H,20,21);9-10H,4-8H2,1-3H3. The smallest absolute Gasteiger partial charge is 0.410 e. The maximum atomic E-state index is 12.6. The highest BCUT2D eigenvalue weighted by molar-refractivity contribution is 6.30. The van der Waals surface area contributed by atoms with Crippen LogP contribution >= 0.6 is 11.6 Å². The predicted molar refractivity (Wildman–Crippen MR) is 159 cm³/mol. The quantitative estimate of drug-likeness (QED) is 0.390. The van der Waals surface area contributed by atoms with E-state index in [0.717, 1.165) is 44.3 Å². The minimum Gasteiger partial charge on any atom is -0.444 e. The van der Waals surface area contributed by atoms with Gasteiger partial charge in [0.2, 0.25) is 0 Å². The second-order valence-electron chi connectivity index (χ2n) is 14.4. The summed E-state index contributed by atoms with van der Waals surface area (Å²) in [7, 11) is 0. The molecular formula is C31H47ClN4O5. The van der Waals surface area contributed by atoms with E-state index in [1.165, 1.54) is 25.7 Å². The Morgan fingerprint density at radius 3 is 1.95 bits per heavy atom. The van der Waals surface area contributed by atoms with Crippen molar-refractivity contribution in [3.05, 3.63) is 23.4 Å². The number of carbonyl (C=O) groups is 3.